The van der Waals surface area contributed by atoms with Crippen molar-refractivity contribution in [2.24, 2.45) is 0 Å². The quantitative estimate of drug-likeness (QED) is 0.646. The Bertz CT molecular complexity index is 870. The molecule has 21 heavy (non-hydrogen) atoms. The van der Waals surface area contributed by atoms with Gasteiger partial charge in [-0.15, -0.1) is 0 Å². The summed E-state index contributed by atoms with van der Waals surface area (Å²) in [5.41, 5.74) is 8.59. The lowest BCUT2D eigenvalue weighted by Gasteiger charge is -2.12. The SMILES string of the molecule is COc1ccc(Cl)c(Nc2cc3[nH]c(=O)oc3cc2N)c1. The van der Waals surface area contributed by atoms with Crippen LogP contribution in [0.25, 0.3) is 11.1 Å². The second-order valence-corrected chi connectivity index (χ2v) is 4.83. The number of fused-ring (bicyclic) bond motifs is 1. The largest absolute Gasteiger partial charge is 0.497 e. The standard InChI is InChI=1S/C14H12ClN3O3/c1-20-7-2-3-8(15)10(4-7)17-11-6-12-13(5-9(11)16)21-14(19)18-12/h2-6,17H,16H2,1H3,(H,18,19). The molecule has 108 valence electrons. The minimum absolute atomic E-state index is 0.403. The highest BCUT2D eigenvalue weighted by atomic mass is 35.5. The van der Waals surface area contributed by atoms with Crippen molar-refractivity contribution in [3.63, 3.8) is 0 Å². The molecule has 0 bridgehead atoms. The van der Waals surface area contributed by atoms with E-state index in [2.05, 4.69) is 10.3 Å². The van der Waals surface area contributed by atoms with E-state index in [0.29, 0.717) is 38.9 Å². The molecular weight excluding hydrogens is 294 g/mol. The van der Waals surface area contributed by atoms with Crippen LogP contribution in [0.4, 0.5) is 17.1 Å². The second-order valence-electron chi connectivity index (χ2n) is 4.42. The predicted molar refractivity (Wildman–Crippen MR) is 82.5 cm³/mol. The second kappa shape index (κ2) is 5.06. The van der Waals surface area contributed by atoms with Crippen LogP contribution in [0.2, 0.25) is 5.02 Å². The van der Waals surface area contributed by atoms with Gasteiger partial charge in [0.15, 0.2) is 5.58 Å². The molecule has 0 atom stereocenters. The van der Waals surface area contributed by atoms with Crippen molar-refractivity contribution < 1.29 is 9.15 Å². The van der Waals surface area contributed by atoms with Crippen molar-refractivity contribution in [2.45, 2.75) is 0 Å². The highest BCUT2D eigenvalue weighted by Gasteiger charge is 2.09. The molecule has 0 radical (unpaired) electrons. The van der Waals surface area contributed by atoms with Gasteiger partial charge in [-0.1, -0.05) is 11.6 Å². The number of nitrogen functional groups attached to an aromatic ring is 1. The number of aromatic nitrogens is 1. The summed E-state index contributed by atoms with van der Waals surface area (Å²) in [5.74, 6) is 0.138. The van der Waals surface area contributed by atoms with E-state index >= 15 is 0 Å². The maximum absolute atomic E-state index is 11.2. The number of aromatic amines is 1. The van der Waals surface area contributed by atoms with E-state index in [0.717, 1.165) is 0 Å². The Balaban J connectivity index is 2.04. The molecule has 0 saturated carbocycles. The van der Waals surface area contributed by atoms with Gasteiger partial charge in [-0.05, 0) is 18.2 Å². The van der Waals surface area contributed by atoms with Crippen LogP contribution in [0.1, 0.15) is 0 Å². The molecule has 0 aliphatic carbocycles. The van der Waals surface area contributed by atoms with Crippen molar-refractivity contribution in [2.75, 3.05) is 18.2 Å². The molecule has 7 heteroatoms. The Kier molecular flexibility index (Phi) is 3.23. The summed E-state index contributed by atoms with van der Waals surface area (Å²) in [4.78, 5) is 13.8. The molecule has 0 aliphatic heterocycles. The smallest absolute Gasteiger partial charge is 0.417 e. The highest BCUT2D eigenvalue weighted by molar-refractivity contribution is 6.33. The lowest BCUT2D eigenvalue weighted by Crippen LogP contribution is -1.97. The first-order chi connectivity index (χ1) is 10.1. The monoisotopic (exact) mass is 305 g/mol. The van der Waals surface area contributed by atoms with Gasteiger partial charge in [0.2, 0.25) is 0 Å². The molecule has 1 aromatic heterocycles. The average molecular weight is 306 g/mol. The summed E-state index contributed by atoms with van der Waals surface area (Å²) in [6, 6.07) is 8.49. The van der Waals surface area contributed by atoms with E-state index in [9.17, 15) is 4.79 Å². The van der Waals surface area contributed by atoms with Gasteiger partial charge in [0.1, 0.15) is 5.75 Å². The molecule has 0 spiro atoms. The Morgan fingerprint density at radius 1 is 1.29 bits per heavy atom. The van der Waals surface area contributed by atoms with Crippen molar-refractivity contribution in [3.8, 4) is 5.75 Å². The van der Waals surface area contributed by atoms with Crippen LogP contribution in [-0.2, 0) is 0 Å². The van der Waals surface area contributed by atoms with Crippen LogP contribution in [-0.4, -0.2) is 12.1 Å². The van der Waals surface area contributed by atoms with Crippen molar-refractivity contribution >= 4 is 39.8 Å². The summed E-state index contributed by atoms with van der Waals surface area (Å²) in [7, 11) is 1.57. The number of hydrogen-bond donors (Lipinski definition) is 3. The van der Waals surface area contributed by atoms with Crippen LogP contribution < -0.4 is 21.5 Å². The molecular formula is C14H12ClN3O3. The van der Waals surface area contributed by atoms with Gasteiger partial charge in [0.25, 0.3) is 0 Å². The maximum atomic E-state index is 11.2. The number of methoxy groups -OCH3 is 1. The third-order valence-electron chi connectivity index (χ3n) is 3.03. The number of halogens is 1. The fourth-order valence-electron chi connectivity index (χ4n) is 1.99. The summed E-state index contributed by atoms with van der Waals surface area (Å²) < 4.78 is 10.1. The number of anilines is 3. The topological polar surface area (TPSA) is 93.3 Å². The predicted octanol–water partition coefficient (Wildman–Crippen LogP) is 3.11. The minimum atomic E-state index is -0.527. The summed E-state index contributed by atoms with van der Waals surface area (Å²) in [6.45, 7) is 0. The Morgan fingerprint density at radius 3 is 2.86 bits per heavy atom. The fraction of sp³-hybridized carbons (Fsp3) is 0.0714. The molecule has 3 rings (SSSR count). The molecule has 0 saturated heterocycles. The maximum Gasteiger partial charge on any atom is 0.417 e. The molecule has 0 unspecified atom stereocenters. The van der Waals surface area contributed by atoms with E-state index in [4.69, 9.17) is 26.5 Å². The Morgan fingerprint density at radius 2 is 2.10 bits per heavy atom. The first-order valence-corrected chi connectivity index (χ1v) is 6.47. The van der Waals surface area contributed by atoms with Gasteiger partial charge in [-0.2, -0.15) is 0 Å². The lowest BCUT2D eigenvalue weighted by atomic mass is 10.2. The zero-order valence-corrected chi connectivity index (χ0v) is 11.8. The third kappa shape index (κ3) is 2.53. The van der Waals surface area contributed by atoms with Crippen LogP contribution in [0, 0.1) is 0 Å². The fourth-order valence-corrected chi connectivity index (χ4v) is 2.16. The normalized spacial score (nSPS) is 10.8. The van der Waals surface area contributed by atoms with Crippen molar-refractivity contribution in [1.29, 1.82) is 0 Å². The van der Waals surface area contributed by atoms with Gasteiger partial charge in [-0.25, -0.2) is 4.79 Å². The van der Waals surface area contributed by atoms with Gasteiger partial charge >= 0.3 is 5.76 Å². The highest BCUT2D eigenvalue weighted by Crippen LogP contribution is 2.33. The van der Waals surface area contributed by atoms with Crippen molar-refractivity contribution in [1.82, 2.24) is 4.98 Å². The van der Waals surface area contributed by atoms with Gasteiger partial charge < -0.3 is 20.2 Å². The average Bonchev–Trinajstić information content (AvgIpc) is 2.80. The Hall–Kier alpha value is -2.60. The van der Waals surface area contributed by atoms with E-state index in [-0.39, 0.29) is 0 Å². The number of H-pyrrole nitrogens is 1. The number of hydrogen-bond acceptors (Lipinski definition) is 5. The van der Waals surface area contributed by atoms with Crippen molar-refractivity contribution in [3.05, 3.63) is 45.9 Å². The zero-order valence-electron chi connectivity index (χ0n) is 11.1. The van der Waals surface area contributed by atoms with E-state index < -0.39 is 5.76 Å². The van der Waals surface area contributed by atoms with Gasteiger partial charge in [0.05, 0.1) is 34.7 Å². The number of benzene rings is 2. The molecule has 0 amide bonds. The Labute approximate surface area is 124 Å². The van der Waals surface area contributed by atoms with Crippen LogP contribution >= 0.6 is 11.6 Å². The number of nitrogens with two attached hydrogens (primary N) is 1. The molecule has 4 N–H and O–H groups in total. The molecule has 3 aromatic rings. The summed E-state index contributed by atoms with van der Waals surface area (Å²) in [6.07, 6.45) is 0. The summed E-state index contributed by atoms with van der Waals surface area (Å²) in [5, 5.41) is 3.64. The molecule has 0 fully saturated rings. The third-order valence-corrected chi connectivity index (χ3v) is 3.36. The van der Waals surface area contributed by atoms with Gasteiger partial charge in [0, 0.05) is 12.1 Å². The molecule has 6 nitrogen and oxygen atoms in total. The first kappa shape index (κ1) is 13.4. The van der Waals surface area contributed by atoms with Crippen LogP contribution in [0.15, 0.2) is 39.5 Å². The number of ether oxygens (including phenoxy) is 1. The molecule has 2 aromatic carbocycles. The van der Waals surface area contributed by atoms with Crippen LogP contribution in [0.5, 0.6) is 5.75 Å². The van der Waals surface area contributed by atoms with Gasteiger partial charge in [-0.3, -0.25) is 4.98 Å². The number of rotatable bonds is 3. The van der Waals surface area contributed by atoms with Crippen LogP contribution in [0.3, 0.4) is 0 Å². The lowest BCUT2D eigenvalue weighted by molar-refractivity contribution is 0.415. The van der Waals surface area contributed by atoms with E-state index in [1.165, 1.54) is 0 Å². The number of nitrogens with one attached hydrogen (secondary N) is 2. The van der Waals surface area contributed by atoms with E-state index in [1.54, 1.807) is 37.4 Å². The zero-order chi connectivity index (χ0) is 15.0. The molecule has 1 heterocycles. The number of oxazole rings is 1. The first-order valence-electron chi connectivity index (χ1n) is 6.10. The summed E-state index contributed by atoms with van der Waals surface area (Å²) >= 11 is 6.14. The minimum Gasteiger partial charge on any atom is -0.497 e. The van der Waals surface area contributed by atoms with E-state index in [1.807, 2.05) is 0 Å². The molecule has 0 aliphatic rings.